The SMILES string of the molecule is CC(C)(NCc1csnn1)C(N)=O. The van der Waals surface area contributed by atoms with Gasteiger partial charge in [-0.25, -0.2) is 0 Å². The Morgan fingerprint density at radius 3 is 2.92 bits per heavy atom. The molecule has 0 aromatic carbocycles. The Balaban J connectivity index is 2.47. The number of amides is 1. The van der Waals surface area contributed by atoms with Gasteiger partial charge in [-0.1, -0.05) is 4.49 Å². The Kier molecular flexibility index (Phi) is 2.94. The predicted octanol–water partition coefficient (Wildman–Crippen LogP) is -0.108. The fraction of sp³-hybridized carbons (Fsp3) is 0.571. The van der Waals surface area contributed by atoms with Crippen molar-refractivity contribution in [2.24, 2.45) is 5.73 Å². The van der Waals surface area contributed by atoms with Gasteiger partial charge in [-0.15, -0.1) is 5.10 Å². The summed E-state index contributed by atoms with van der Waals surface area (Å²) in [5.74, 6) is -0.379. The number of nitrogens with two attached hydrogens (primary N) is 1. The van der Waals surface area contributed by atoms with Crippen molar-refractivity contribution in [3.63, 3.8) is 0 Å². The van der Waals surface area contributed by atoms with Crippen LogP contribution < -0.4 is 11.1 Å². The van der Waals surface area contributed by atoms with E-state index in [1.807, 2.05) is 5.38 Å². The van der Waals surface area contributed by atoms with Crippen LogP contribution in [0, 0.1) is 0 Å². The normalized spacial score (nSPS) is 11.5. The highest BCUT2D eigenvalue weighted by molar-refractivity contribution is 7.03. The van der Waals surface area contributed by atoms with Crippen molar-refractivity contribution in [2.45, 2.75) is 25.9 Å². The average molecular weight is 200 g/mol. The van der Waals surface area contributed by atoms with E-state index in [0.29, 0.717) is 6.54 Å². The summed E-state index contributed by atoms with van der Waals surface area (Å²) in [6.45, 7) is 3.97. The van der Waals surface area contributed by atoms with Crippen molar-refractivity contribution in [3.05, 3.63) is 11.1 Å². The highest BCUT2D eigenvalue weighted by atomic mass is 32.1. The molecule has 0 unspecified atom stereocenters. The van der Waals surface area contributed by atoms with Gasteiger partial charge in [-0.05, 0) is 25.4 Å². The maximum Gasteiger partial charge on any atom is 0.237 e. The van der Waals surface area contributed by atoms with Gasteiger partial charge in [0.15, 0.2) is 0 Å². The van der Waals surface area contributed by atoms with Gasteiger partial charge >= 0.3 is 0 Å². The summed E-state index contributed by atoms with van der Waals surface area (Å²) >= 11 is 1.28. The Morgan fingerprint density at radius 1 is 1.77 bits per heavy atom. The smallest absolute Gasteiger partial charge is 0.237 e. The number of nitrogens with one attached hydrogen (secondary N) is 1. The topological polar surface area (TPSA) is 80.9 Å². The Morgan fingerprint density at radius 2 is 2.46 bits per heavy atom. The minimum absolute atomic E-state index is 0.379. The molecule has 13 heavy (non-hydrogen) atoms. The van der Waals surface area contributed by atoms with Gasteiger partial charge in [-0.3, -0.25) is 10.1 Å². The Labute approximate surface area is 80.5 Å². The zero-order valence-electron chi connectivity index (χ0n) is 7.57. The van der Waals surface area contributed by atoms with Crippen LogP contribution in [-0.2, 0) is 11.3 Å². The lowest BCUT2D eigenvalue weighted by Gasteiger charge is -2.21. The molecular formula is C7H12N4OS. The van der Waals surface area contributed by atoms with Gasteiger partial charge in [-0.2, -0.15) is 0 Å². The molecule has 0 saturated carbocycles. The van der Waals surface area contributed by atoms with Gasteiger partial charge in [0.05, 0.1) is 11.2 Å². The minimum Gasteiger partial charge on any atom is -0.368 e. The van der Waals surface area contributed by atoms with Gasteiger partial charge in [0.25, 0.3) is 0 Å². The third kappa shape index (κ3) is 2.74. The molecule has 6 heteroatoms. The Hall–Kier alpha value is -1.01. The third-order valence-corrected chi connectivity index (χ3v) is 2.29. The lowest BCUT2D eigenvalue weighted by molar-refractivity contribution is -0.123. The highest BCUT2D eigenvalue weighted by Gasteiger charge is 2.23. The van der Waals surface area contributed by atoms with E-state index in [-0.39, 0.29) is 5.91 Å². The number of carbonyl (C=O) groups excluding carboxylic acids is 1. The number of hydrogen-bond donors (Lipinski definition) is 2. The van der Waals surface area contributed by atoms with Crippen LogP contribution in [0.15, 0.2) is 5.38 Å². The zero-order chi connectivity index (χ0) is 9.90. The number of primary amides is 1. The number of hydrogen-bond acceptors (Lipinski definition) is 5. The zero-order valence-corrected chi connectivity index (χ0v) is 8.39. The summed E-state index contributed by atoms with van der Waals surface area (Å²) in [5, 5.41) is 8.65. The number of nitrogens with zero attached hydrogens (tertiary/aromatic N) is 2. The van der Waals surface area contributed by atoms with Crippen LogP contribution in [0.5, 0.6) is 0 Å². The molecule has 0 spiro atoms. The average Bonchev–Trinajstić information content (AvgIpc) is 2.52. The van der Waals surface area contributed by atoms with Crippen molar-refractivity contribution >= 4 is 17.4 Å². The molecule has 72 valence electrons. The van der Waals surface area contributed by atoms with Crippen molar-refractivity contribution in [2.75, 3.05) is 0 Å². The first-order valence-corrected chi connectivity index (χ1v) is 4.67. The quantitative estimate of drug-likeness (QED) is 0.710. The molecule has 1 amide bonds. The second kappa shape index (κ2) is 3.80. The summed E-state index contributed by atoms with van der Waals surface area (Å²) < 4.78 is 3.70. The lowest BCUT2D eigenvalue weighted by Crippen LogP contribution is -2.50. The van der Waals surface area contributed by atoms with Crippen LogP contribution in [-0.4, -0.2) is 21.0 Å². The molecule has 1 aromatic heterocycles. The molecule has 0 aliphatic carbocycles. The first kappa shape index (κ1) is 10.1. The van der Waals surface area contributed by atoms with Crippen LogP contribution >= 0.6 is 11.5 Å². The van der Waals surface area contributed by atoms with E-state index in [9.17, 15) is 4.79 Å². The van der Waals surface area contributed by atoms with Crippen LogP contribution in [0.2, 0.25) is 0 Å². The lowest BCUT2D eigenvalue weighted by atomic mass is 10.1. The fourth-order valence-corrected chi connectivity index (χ4v) is 1.11. The van der Waals surface area contributed by atoms with Gasteiger partial charge in [0.2, 0.25) is 5.91 Å². The van der Waals surface area contributed by atoms with E-state index >= 15 is 0 Å². The highest BCUT2D eigenvalue weighted by Crippen LogP contribution is 2.03. The Bertz CT molecular complexity index is 283. The molecule has 0 aliphatic rings. The van der Waals surface area contributed by atoms with E-state index in [2.05, 4.69) is 14.9 Å². The molecular weight excluding hydrogens is 188 g/mol. The molecule has 0 radical (unpaired) electrons. The molecule has 0 bridgehead atoms. The summed E-state index contributed by atoms with van der Waals surface area (Å²) in [5.41, 5.74) is 5.29. The predicted molar refractivity (Wildman–Crippen MR) is 50.0 cm³/mol. The fourth-order valence-electron chi connectivity index (χ4n) is 0.660. The van der Waals surface area contributed by atoms with E-state index < -0.39 is 5.54 Å². The van der Waals surface area contributed by atoms with Gasteiger partial charge in [0.1, 0.15) is 0 Å². The van der Waals surface area contributed by atoms with Crippen LogP contribution in [0.3, 0.4) is 0 Å². The van der Waals surface area contributed by atoms with E-state index in [1.54, 1.807) is 13.8 Å². The van der Waals surface area contributed by atoms with Crippen molar-refractivity contribution in [1.82, 2.24) is 14.9 Å². The first-order valence-electron chi connectivity index (χ1n) is 3.83. The number of rotatable bonds is 4. The van der Waals surface area contributed by atoms with E-state index in [4.69, 9.17) is 5.73 Å². The first-order chi connectivity index (χ1) is 6.02. The van der Waals surface area contributed by atoms with Crippen LogP contribution in [0.25, 0.3) is 0 Å². The molecule has 0 aliphatic heterocycles. The van der Waals surface area contributed by atoms with Crippen molar-refractivity contribution in [3.8, 4) is 0 Å². The van der Waals surface area contributed by atoms with E-state index in [0.717, 1.165) is 5.69 Å². The summed E-state index contributed by atoms with van der Waals surface area (Å²) in [4.78, 5) is 10.9. The molecule has 1 heterocycles. The summed E-state index contributed by atoms with van der Waals surface area (Å²) in [7, 11) is 0. The number of carbonyl (C=O) groups is 1. The molecule has 5 nitrogen and oxygen atoms in total. The maximum atomic E-state index is 10.9. The standard InChI is InChI=1S/C7H12N4OS/c1-7(2,6(8)12)9-3-5-4-13-11-10-5/h4,9H,3H2,1-2H3,(H2,8,12). The monoisotopic (exact) mass is 200 g/mol. The van der Waals surface area contributed by atoms with E-state index in [1.165, 1.54) is 11.5 Å². The molecule has 3 N–H and O–H groups in total. The van der Waals surface area contributed by atoms with Crippen molar-refractivity contribution < 1.29 is 4.79 Å². The number of aromatic nitrogens is 2. The molecule has 0 fully saturated rings. The van der Waals surface area contributed by atoms with Gasteiger partial charge in [0, 0.05) is 11.9 Å². The van der Waals surface area contributed by atoms with Crippen LogP contribution in [0.1, 0.15) is 19.5 Å². The second-order valence-corrected chi connectivity index (χ2v) is 3.85. The summed E-state index contributed by atoms with van der Waals surface area (Å²) in [6.07, 6.45) is 0. The maximum absolute atomic E-state index is 10.9. The van der Waals surface area contributed by atoms with Crippen molar-refractivity contribution in [1.29, 1.82) is 0 Å². The third-order valence-electron chi connectivity index (χ3n) is 1.73. The van der Waals surface area contributed by atoms with Crippen LogP contribution in [0.4, 0.5) is 0 Å². The molecule has 1 aromatic rings. The summed E-state index contributed by atoms with van der Waals surface area (Å²) in [6, 6.07) is 0. The molecule has 0 saturated heterocycles. The second-order valence-electron chi connectivity index (χ2n) is 3.24. The molecule has 0 atom stereocenters. The molecule has 1 rings (SSSR count). The largest absolute Gasteiger partial charge is 0.368 e. The van der Waals surface area contributed by atoms with Gasteiger partial charge < -0.3 is 5.73 Å². The minimum atomic E-state index is -0.705.